The molecule has 7 heteroatoms. The summed E-state index contributed by atoms with van der Waals surface area (Å²) >= 11 is 0. The second-order valence-electron chi connectivity index (χ2n) is 7.20. The number of pyridine rings is 1. The van der Waals surface area contributed by atoms with Crippen LogP contribution in [0, 0.1) is 0 Å². The maximum atomic E-state index is 13.0. The Balaban J connectivity index is 1.34. The van der Waals surface area contributed by atoms with E-state index in [4.69, 9.17) is 0 Å². The Morgan fingerprint density at radius 1 is 1.00 bits per heavy atom. The SMILES string of the molecule is O=C(CN1CCN(c2ncccn2)CC1)N1CCCCC1c1cccnc1. The molecule has 1 unspecified atom stereocenters. The van der Waals surface area contributed by atoms with Crippen molar-refractivity contribution in [1.29, 1.82) is 0 Å². The van der Waals surface area contributed by atoms with Gasteiger partial charge in [0, 0.05) is 57.5 Å². The van der Waals surface area contributed by atoms with Crippen molar-refractivity contribution < 1.29 is 4.79 Å². The monoisotopic (exact) mass is 366 g/mol. The second-order valence-corrected chi connectivity index (χ2v) is 7.20. The van der Waals surface area contributed by atoms with Gasteiger partial charge in [-0.25, -0.2) is 9.97 Å². The molecule has 2 saturated heterocycles. The van der Waals surface area contributed by atoms with Gasteiger partial charge in [-0.3, -0.25) is 14.7 Å². The number of carbonyl (C=O) groups is 1. The summed E-state index contributed by atoms with van der Waals surface area (Å²) in [4.78, 5) is 32.4. The van der Waals surface area contributed by atoms with Gasteiger partial charge in [-0.15, -0.1) is 0 Å². The Bertz CT molecular complexity index is 733. The highest BCUT2D eigenvalue weighted by molar-refractivity contribution is 5.79. The van der Waals surface area contributed by atoms with E-state index in [9.17, 15) is 4.79 Å². The molecule has 0 radical (unpaired) electrons. The smallest absolute Gasteiger partial charge is 0.237 e. The van der Waals surface area contributed by atoms with Gasteiger partial charge in [0.05, 0.1) is 12.6 Å². The van der Waals surface area contributed by atoms with Gasteiger partial charge in [0.15, 0.2) is 0 Å². The van der Waals surface area contributed by atoms with E-state index < -0.39 is 0 Å². The summed E-state index contributed by atoms with van der Waals surface area (Å²) in [6.45, 7) is 4.74. The number of likely N-dealkylation sites (tertiary alicyclic amines) is 1. The summed E-state index contributed by atoms with van der Waals surface area (Å²) in [5, 5.41) is 0. The number of carbonyl (C=O) groups excluding carboxylic acids is 1. The first-order valence-electron chi connectivity index (χ1n) is 9.75. The van der Waals surface area contributed by atoms with Crippen molar-refractivity contribution in [3.8, 4) is 0 Å². The lowest BCUT2D eigenvalue weighted by atomic mass is 9.96. The van der Waals surface area contributed by atoms with Crippen molar-refractivity contribution in [3.63, 3.8) is 0 Å². The molecule has 7 nitrogen and oxygen atoms in total. The summed E-state index contributed by atoms with van der Waals surface area (Å²) in [7, 11) is 0. The van der Waals surface area contributed by atoms with Gasteiger partial charge in [0.2, 0.25) is 11.9 Å². The van der Waals surface area contributed by atoms with Crippen LogP contribution in [-0.2, 0) is 4.79 Å². The van der Waals surface area contributed by atoms with E-state index in [-0.39, 0.29) is 11.9 Å². The molecule has 142 valence electrons. The van der Waals surface area contributed by atoms with Crippen molar-refractivity contribution in [2.75, 3.05) is 44.2 Å². The number of piperidine rings is 1. The topological polar surface area (TPSA) is 65.5 Å². The maximum Gasteiger partial charge on any atom is 0.237 e. The molecule has 27 heavy (non-hydrogen) atoms. The highest BCUT2D eigenvalue weighted by Gasteiger charge is 2.30. The Morgan fingerprint density at radius 3 is 2.56 bits per heavy atom. The maximum absolute atomic E-state index is 13.0. The normalized spacial score (nSPS) is 21.3. The second kappa shape index (κ2) is 8.43. The van der Waals surface area contributed by atoms with E-state index in [1.165, 1.54) is 6.42 Å². The predicted molar refractivity (Wildman–Crippen MR) is 103 cm³/mol. The number of hydrogen-bond donors (Lipinski definition) is 0. The minimum atomic E-state index is 0.166. The summed E-state index contributed by atoms with van der Waals surface area (Å²) < 4.78 is 0. The third kappa shape index (κ3) is 4.24. The van der Waals surface area contributed by atoms with E-state index >= 15 is 0 Å². The van der Waals surface area contributed by atoms with E-state index in [1.54, 1.807) is 18.6 Å². The van der Waals surface area contributed by atoms with Crippen molar-refractivity contribution in [2.45, 2.75) is 25.3 Å². The third-order valence-corrected chi connectivity index (χ3v) is 5.46. The van der Waals surface area contributed by atoms with Crippen molar-refractivity contribution >= 4 is 11.9 Å². The molecule has 0 N–H and O–H groups in total. The van der Waals surface area contributed by atoms with Gasteiger partial charge in [0.1, 0.15) is 0 Å². The van der Waals surface area contributed by atoms with E-state index in [0.29, 0.717) is 6.54 Å². The fourth-order valence-corrected chi connectivity index (χ4v) is 3.99. The van der Waals surface area contributed by atoms with Crippen LogP contribution in [0.3, 0.4) is 0 Å². The molecule has 2 aromatic rings. The molecule has 4 rings (SSSR count). The zero-order valence-corrected chi connectivity index (χ0v) is 15.6. The molecule has 0 aromatic carbocycles. The fourth-order valence-electron chi connectivity index (χ4n) is 3.99. The van der Waals surface area contributed by atoms with E-state index in [2.05, 4.69) is 35.7 Å². The molecule has 4 heterocycles. The van der Waals surface area contributed by atoms with Crippen LogP contribution in [0.15, 0.2) is 43.0 Å². The number of nitrogens with zero attached hydrogens (tertiary/aromatic N) is 6. The predicted octanol–water partition coefficient (Wildman–Crippen LogP) is 1.75. The van der Waals surface area contributed by atoms with Crippen LogP contribution in [0.2, 0.25) is 0 Å². The van der Waals surface area contributed by atoms with Crippen molar-refractivity contribution in [1.82, 2.24) is 24.8 Å². The average molecular weight is 366 g/mol. The number of hydrogen-bond acceptors (Lipinski definition) is 6. The zero-order chi connectivity index (χ0) is 18.5. The Hall–Kier alpha value is -2.54. The Morgan fingerprint density at radius 2 is 1.81 bits per heavy atom. The zero-order valence-electron chi connectivity index (χ0n) is 15.6. The van der Waals surface area contributed by atoms with Crippen molar-refractivity contribution in [3.05, 3.63) is 48.5 Å². The molecule has 2 fully saturated rings. The average Bonchev–Trinajstić information content (AvgIpc) is 2.75. The van der Waals surface area contributed by atoms with Crippen LogP contribution < -0.4 is 4.90 Å². The lowest BCUT2D eigenvalue weighted by Crippen LogP contribution is -2.51. The van der Waals surface area contributed by atoms with Crippen LogP contribution in [0.4, 0.5) is 5.95 Å². The van der Waals surface area contributed by atoms with Gasteiger partial charge in [0.25, 0.3) is 0 Å². The van der Waals surface area contributed by atoms with Gasteiger partial charge < -0.3 is 9.80 Å². The van der Waals surface area contributed by atoms with Crippen LogP contribution in [-0.4, -0.2) is 69.9 Å². The molecule has 2 aromatic heterocycles. The first-order valence-corrected chi connectivity index (χ1v) is 9.75. The number of amides is 1. The van der Waals surface area contributed by atoms with E-state index in [0.717, 1.165) is 57.1 Å². The van der Waals surface area contributed by atoms with Crippen molar-refractivity contribution in [2.24, 2.45) is 0 Å². The highest BCUT2D eigenvalue weighted by Crippen LogP contribution is 2.30. The standard InChI is InChI=1S/C20H26N6O/c27-19(26-10-2-1-6-18(26)17-5-3-7-21-15-17)16-24-11-13-25(14-12-24)20-22-8-4-9-23-20/h3-5,7-9,15,18H,1-2,6,10-14,16H2. The molecule has 2 aliphatic rings. The lowest BCUT2D eigenvalue weighted by Gasteiger charge is -2.39. The number of aromatic nitrogens is 3. The van der Waals surface area contributed by atoms with Crippen LogP contribution >= 0.6 is 0 Å². The first kappa shape index (κ1) is 17.9. The fraction of sp³-hybridized carbons (Fsp3) is 0.500. The van der Waals surface area contributed by atoms with E-state index in [1.807, 2.05) is 18.3 Å². The van der Waals surface area contributed by atoms with Crippen LogP contribution in [0.25, 0.3) is 0 Å². The third-order valence-electron chi connectivity index (χ3n) is 5.46. The van der Waals surface area contributed by atoms with Gasteiger partial charge >= 0.3 is 0 Å². The molecule has 0 spiro atoms. The van der Waals surface area contributed by atoms with Gasteiger partial charge in [-0.2, -0.15) is 0 Å². The largest absolute Gasteiger partial charge is 0.338 e. The molecule has 0 bridgehead atoms. The quantitative estimate of drug-likeness (QED) is 0.821. The molecule has 0 aliphatic carbocycles. The lowest BCUT2D eigenvalue weighted by molar-refractivity contribution is -0.136. The van der Waals surface area contributed by atoms with Gasteiger partial charge in [-0.1, -0.05) is 6.07 Å². The Labute approximate surface area is 160 Å². The molecular formula is C20H26N6O. The summed E-state index contributed by atoms with van der Waals surface area (Å²) in [5.41, 5.74) is 1.15. The molecule has 1 amide bonds. The van der Waals surface area contributed by atoms with Crippen LogP contribution in [0.5, 0.6) is 0 Å². The summed E-state index contributed by atoms with van der Waals surface area (Å²) in [6.07, 6.45) is 10.5. The summed E-state index contributed by atoms with van der Waals surface area (Å²) in [6, 6.07) is 6.04. The first-order chi connectivity index (χ1) is 13.3. The van der Waals surface area contributed by atoms with Gasteiger partial charge in [-0.05, 0) is 37.0 Å². The number of piperazine rings is 1. The number of rotatable bonds is 4. The molecule has 1 atom stereocenters. The molecular weight excluding hydrogens is 340 g/mol. The minimum Gasteiger partial charge on any atom is -0.338 e. The molecule has 2 aliphatic heterocycles. The Kier molecular flexibility index (Phi) is 5.58. The summed E-state index contributed by atoms with van der Waals surface area (Å²) in [5.74, 6) is 1.00. The number of anilines is 1. The molecule has 0 saturated carbocycles. The van der Waals surface area contributed by atoms with Crippen LogP contribution in [0.1, 0.15) is 30.9 Å². The minimum absolute atomic E-state index is 0.166. The highest BCUT2D eigenvalue weighted by atomic mass is 16.2.